The van der Waals surface area contributed by atoms with E-state index in [1.165, 1.54) is 18.5 Å². The van der Waals surface area contributed by atoms with E-state index >= 15 is 0 Å². The van der Waals surface area contributed by atoms with Gasteiger partial charge in [-0.25, -0.2) is 8.42 Å². The third kappa shape index (κ3) is 4.42. The van der Waals surface area contributed by atoms with Crippen LogP contribution in [-0.2, 0) is 16.6 Å². The van der Waals surface area contributed by atoms with Crippen molar-refractivity contribution in [3.63, 3.8) is 0 Å². The lowest BCUT2D eigenvalue weighted by molar-refractivity contribution is 0.0955. The van der Waals surface area contributed by atoms with Crippen LogP contribution in [0.4, 0.5) is 0 Å². The Morgan fingerprint density at radius 3 is 2.38 bits per heavy atom. The number of methoxy groups -OCH3 is 1. The van der Waals surface area contributed by atoms with Crippen LogP contribution in [0.5, 0.6) is 5.75 Å². The molecule has 0 spiro atoms. The van der Waals surface area contributed by atoms with Crippen molar-refractivity contribution in [1.29, 1.82) is 0 Å². The predicted molar refractivity (Wildman–Crippen MR) is 101 cm³/mol. The first-order valence-corrected chi connectivity index (χ1v) is 9.71. The van der Waals surface area contributed by atoms with Crippen LogP contribution in [0.2, 0.25) is 0 Å². The van der Waals surface area contributed by atoms with E-state index in [1.54, 1.807) is 42.5 Å². The van der Waals surface area contributed by atoms with Crippen molar-refractivity contribution in [2.45, 2.75) is 25.3 Å². The molecule has 0 aliphatic rings. The number of sulfonamides is 1. The Balaban J connectivity index is 2.32. The highest BCUT2D eigenvalue weighted by atomic mass is 32.2. The number of hydrogen-bond donors (Lipinski definition) is 1. The zero-order valence-electron chi connectivity index (χ0n) is 15.4. The number of carbonyl (C=O) groups excluding carboxylic acids is 1. The van der Waals surface area contributed by atoms with Crippen LogP contribution in [0.3, 0.4) is 0 Å². The quantitative estimate of drug-likeness (QED) is 0.806. The molecule has 0 bridgehead atoms. The van der Waals surface area contributed by atoms with Gasteiger partial charge in [-0.2, -0.15) is 4.31 Å². The second-order valence-corrected chi connectivity index (χ2v) is 8.01. The van der Waals surface area contributed by atoms with Gasteiger partial charge in [0.1, 0.15) is 5.75 Å². The van der Waals surface area contributed by atoms with E-state index in [2.05, 4.69) is 5.32 Å². The van der Waals surface area contributed by atoms with Gasteiger partial charge in [-0.1, -0.05) is 17.7 Å². The van der Waals surface area contributed by atoms with Gasteiger partial charge in [-0.05, 0) is 44.2 Å². The Hall–Kier alpha value is -2.38. The monoisotopic (exact) mass is 376 g/mol. The van der Waals surface area contributed by atoms with Gasteiger partial charge in [-0.3, -0.25) is 4.79 Å². The van der Waals surface area contributed by atoms with E-state index in [9.17, 15) is 13.2 Å². The zero-order valence-corrected chi connectivity index (χ0v) is 16.3. The van der Waals surface area contributed by atoms with E-state index < -0.39 is 10.0 Å². The molecule has 1 N–H and O–H groups in total. The largest absolute Gasteiger partial charge is 0.496 e. The molecule has 0 radical (unpaired) electrons. The Kier molecular flexibility index (Phi) is 6.39. The fourth-order valence-corrected chi connectivity index (χ4v) is 3.67. The first-order valence-electron chi connectivity index (χ1n) is 8.27. The van der Waals surface area contributed by atoms with Crippen molar-refractivity contribution in [3.8, 4) is 5.75 Å². The van der Waals surface area contributed by atoms with Crippen LogP contribution in [0.15, 0.2) is 47.4 Å². The lowest BCUT2D eigenvalue weighted by Crippen LogP contribution is -2.27. The Morgan fingerprint density at radius 1 is 1.15 bits per heavy atom. The molecular formula is C19H24N2O4S. The Bertz CT molecular complexity index is 877. The molecule has 0 saturated heterocycles. The number of ether oxygens (including phenoxy) is 1. The summed E-state index contributed by atoms with van der Waals surface area (Å²) in [7, 11) is -0.625. The molecule has 0 aliphatic heterocycles. The first-order chi connectivity index (χ1) is 12.3. The van der Waals surface area contributed by atoms with Crippen molar-refractivity contribution >= 4 is 15.9 Å². The minimum atomic E-state index is -3.65. The van der Waals surface area contributed by atoms with Crippen LogP contribution in [0, 0.1) is 6.92 Å². The zero-order chi connectivity index (χ0) is 19.3. The third-order valence-corrected chi connectivity index (χ3v) is 5.82. The van der Waals surface area contributed by atoms with Crippen LogP contribution < -0.4 is 10.1 Å². The summed E-state index contributed by atoms with van der Waals surface area (Å²) < 4.78 is 32.1. The maximum absolute atomic E-state index is 12.8. The van der Waals surface area contributed by atoms with E-state index in [1.807, 2.05) is 13.8 Å². The number of nitrogens with one attached hydrogen (secondary N) is 1. The van der Waals surface area contributed by atoms with Crippen molar-refractivity contribution in [3.05, 3.63) is 59.2 Å². The fourth-order valence-electron chi connectivity index (χ4n) is 2.52. The van der Waals surface area contributed by atoms with E-state index in [4.69, 9.17) is 4.74 Å². The summed E-state index contributed by atoms with van der Waals surface area (Å²) in [6.45, 7) is 4.34. The molecule has 2 aromatic carbocycles. The van der Waals surface area contributed by atoms with Gasteiger partial charge in [-0.15, -0.1) is 0 Å². The average molecular weight is 376 g/mol. The molecule has 2 aromatic rings. The van der Waals surface area contributed by atoms with E-state index in [0.29, 0.717) is 23.4 Å². The maximum Gasteiger partial charge on any atom is 0.251 e. The Labute approximate surface area is 154 Å². The number of benzene rings is 2. The smallest absolute Gasteiger partial charge is 0.251 e. The van der Waals surface area contributed by atoms with Crippen LogP contribution in [0.25, 0.3) is 0 Å². The lowest BCUT2D eigenvalue weighted by atomic mass is 10.1. The molecule has 26 heavy (non-hydrogen) atoms. The van der Waals surface area contributed by atoms with Gasteiger partial charge in [0.2, 0.25) is 10.0 Å². The molecule has 140 valence electrons. The van der Waals surface area contributed by atoms with Crippen molar-refractivity contribution < 1.29 is 17.9 Å². The third-order valence-electron chi connectivity index (χ3n) is 4.00. The molecule has 0 atom stereocenters. The van der Waals surface area contributed by atoms with Gasteiger partial charge < -0.3 is 10.1 Å². The van der Waals surface area contributed by atoms with Crippen LogP contribution >= 0.6 is 0 Å². The molecule has 1 amide bonds. The highest BCUT2D eigenvalue weighted by Gasteiger charge is 2.22. The molecule has 7 heteroatoms. The minimum Gasteiger partial charge on any atom is -0.496 e. The number of carbonyl (C=O) groups is 1. The number of hydrogen-bond acceptors (Lipinski definition) is 4. The SMILES string of the molecule is CCNC(=O)c1ccc(OC)c(CN(C)S(=O)(=O)c2ccc(C)cc2)c1. The van der Waals surface area contributed by atoms with Crippen molar-refractivity contribution in [1.82, 2.24) is 9.62 Å². The number of aryl methyl sites for hydroxylation is 1. The van der Waals surface area contributed by atoms with Crippen LogP contribution in [-0.4, -0.2) is 39.3 Å². The summed E-state index contributed by atoms with van der Waals surface area (Å²) in [5.41, 5.74) is 2.07. The van der Waals surface area contributed by atoms with Gasteiger partial charge >= 0.3 is 0 Å². The lowest BCUT2D eigenvalue weighted by Gasteiger charge is -2.19. The highest BCUT2D eigenvalue weighted by molar-refractivity contribution is 7.89. The maximum atomic E-state index is 12.8. The summed E-state index contributed by atoms with van der Waals surface area (Å²) >= 11 is 0. The molecule has 0 fully saturated rings. The molecule has 0 aliphatic carbocycles. The highest BCUT2D eigenvalue weighted by Crippen LogP contribution is 2.24. The molecule has 0 aromatic heterocycles. The number of rotatable bonds is 7. The summed E-state index contributed by atoms with van der Waals surface area (Å²) in [5, 5.41) is 2.73. The van der Waals surface area contributed by atoms with Gasteiger partial charge in [0.05, 0.1) is 12.0 Å². The summed E-state index contributed by atoms with van der Waals surface area (Å²) in [5.74, 6) is 0.324. The van der Waals surface area contributed by atoms with Crippen molar-refractivity contribution in [2.24, 2.45) is 0 Å². The number of amides is 1. The summed E-state index contributed by atoms with van der Waals surface area (Å²) in [6, 6.07) is 11.7. The molecular weight excluding hydrogens is 352 g/mol. The second-order valence-electron chi connectivity index (χ2n) is 5.96. The molecule has 0 unspecified atom stereocenters. The first kappa shape index (κ1) is 19.9. The molecule has 0 heterocycles. The topological polar surface area (TPSA) is 75.7 Å². The van der Waals surface area contributed by atoms with Crippen LogP contribution in [0.1, 0.15) is 28.4 Å². The number of nitrogens with zero attached hydrogens (tertiary/aromatic N) is 1. The normalized spacial score (nSPS) is 11.4. The minimum absolute atomic E-state index is 0.0899. The van der Waals surface area contributed by atoms with E-state index in [0.717, 1.165) is 5.56 Å². The molecule has 2 rings (SSSR count). The standard InChI is InChI=1S/C19H24N2O4S/c1-5-20-19(22)15-8-11-18(25-4)16(12-15)13-21(3)26(23,24)17-9-6-14(2)7-10-17/h6-12H,5,13H2,1-4H3,(H,20,22). The van der Waals surface area contributed by atoms with Gasteiger partial charge in [0, 0.05) is 31.3 Å². The summed E-state index contributed by atoms with van der Waals surface area (Å²) in [6.07, 6.45) is 0. The van der Waals surface area contributed by atoms with Crippen molar-refractivity contribution in [2.75, 3.05) is 20.7 Å². The summed E-state index contributed by atoms with van der Waals surface area (Å²) in [4.78, 5) is 12.3. The molecule has 0 saturated carbocycles. The predicted octanol–water partition coefficient (Wildman–Crippen LogP) is 2.57. The van der Waals surface area contributed by atoms with Gasteiger partial charge in [0.25, 0.3) is 5.91 Å². The average Bonchev–Trinajstić information content (AvgIpc) is 2.62. The van der Waals surface area contributed by atoms with Gasteiger partial charge in [0.15, 0.2) is 0 Å². The molecule has 6 nitrogen and oxygen atoms in total. The fraction of sp³-hybridized carbons (Fsp3) is 0.316. The Morgan fingerprint density at radius 2 is 1.81 bits per heavy atom. The van der Waals surface area contributed by atoms with E-state index in [-0.39, 0.29) is 17.3 Å². The second kappa shape index (κ2) is 8.33.